The van der Waals surface area contributed by atoms with E-state index in [4.69, 9.17) is 0 Å². The van der Waals surface area contributed by atoms with Gasteiger partial charge in [-0.1, -0.05) is 42.8 Å². The van der Waals surface area contributed by atoms with E-state index in [1.807, 2.05) is 30.3 Å². The van der Waals surface area contributed by atoms with Crippen molar-refractivity contribution in [2.45, 2.75) is 31.8 Å². The minimum Gasteiger partial charge on any atom is -0.351 e. The van der Waals surface area contributed by atoms with E-state index in [9.17, 15) is 14.0 Å². The van der Waals surface area contributed by atoms with Gasteiger partial charge in [-0.15, -0.1) is 0 Å². The molecule has 0 saturated carbocycles. The molecule has 6 nitrogen and oxygen atoms in total. The zero-order chi connectivity index (χ0) is 20.5. The predicted octanol–water partition coefficient (Wildman–Crippen LogP) is 3.12. The van der Waals surface area contributed by atoms with Gasteiger partial charge >= 0.3 is 6.03 Å². The number of carbonyl (C=O) groups is 2. The van der Waals surface area contributed by atoms with Crippen LogP contribution in [0.25, 0.3) is 0 Å². The van der Waals surface area contributed by atoms with Crippen LogP contribution in [0.3, 0.4) is 0 Å². The number of nitrogens with zero attached hydrogens (tertiary/aromatic N) is 1. The van der Waals surface area contributed by atoms with E-state index in [1.54, 1.807) is 18.2 Å². The first kappa shape index (κ1) is 20.8. The fourth-order valence-electron chi connectivity index (χ4n) is 3.48. The quantitative estimate of drug-likeness (QED) is 0.671. The smallest absolute Gasteiger partial charge is 0.319 e. The average Bonchev–Trinajstić information content (AvgIpc) is 2.73. The number of piperidine rings is 1. The molecule has 0 aromatic heterocycles. The molecule has 1 atom stereocenters. The number of hydrogen-bond acceptors (Lipinski definition) is 3. The SMILES string of the molecule is O=C(CN1CCCCC1CNC(=O)Nc1ccccc1)NCc1ccccc1F. The summed E-state index contributed by atoms with van der Waals surface area (Å²) in [6.45, 7) is 1.68. The Morgan fingerprint density at radius 2 is 1.76 bits per heavy atom. The van der Waals surface area contributed by atoms with E-state index in [-0.39, 0.29) is 36.9 Å². The van der Waals surface area contributed by atoms with Crippen molar-refractivity contribution in [3.63, 3.8) is 0 Å². The van der Waals surface area contributed by atoms with Crippen molar-refractivity contribution in [1.29, 1.82) is 0 Å². The van der Waals surface area contributed by atoms with Gasteiger partial charge in [0.2, 0.25) is 5.91 Å². The standard InChI is InChI=1S/C22H27FN4O2/c23-20-12-5-4-8-17(20)14-24-21(28)16-27-13-7-6-11-19(27)15-25-22(29)26-18-9-2-1-3-10-18/h1-5,8-10,12,19H,6-7,11,13-16H2,(H,24,28)(H2,25,26,29). The average molecular weight is 398 g/mol. The minimum atomic E-state index is -0.322. The number of rotatable bonds is 7. The largest absolute Gasteiger partial charge is 0.351 e. The molecule has 154 valence electrons. The zero-order valence-electron chi connectivity index (χ0n) is 16.4. The molecule has 3 rings (SSSR count). The van der Waals surface area contributed by atoms with Gasteiger partial charge in [0.1, 0.15) is 5.82 Å². The van der Waals surface area contributed by atoms with Crippen LogP contribution >= 0.6 is 0 Å². The highest BCUT2D eigenvalue weighted by Gasteiger charge is 2.24. The van der Waals surface area contributed by atoms with Gasteiger partial charge in [-0.3, -0.25) is 9.69 Å². The van der Waals surface area contributed by atoms with E-state index in [2.05, 4.69) is 20.9 Å². The minimum absolute atomic E-state index is 0.101. The molecule has 3 N–H and O–H groups in total. The van der Waals surface area contributed by atoms with Crippen molar-refractivity contribution in [1.82, 2.24) is 15.5 Å². The summed E-state index contributed by atoms with van der Waals surface area (Å²) in [5, 5.41) is 8.48. The summed E-state index contributed by atoms with van der Waals surface area (Å²) in [5.41, 5.74) is 1.20. The summed E-state index contributed by atoms with van der Waals surface area (Å²) in [6, 6.07) is 15.5. The molecule has 2 aromatic carbocycles. The van der Waals surface area contributed by atoms with Gasteiger partial charge in [-0.05, 0) is 37.6 Å². The highest BCUT2D eigenvalue weighted by Crippen LogP contribution is 2.16. The van der Waals surface area contributed by atoms with Crippen molar-refractivity contribution in [3.05, 3.63) is 66.0 Å². The second-order valence-electron chi connectivity index (χ2n) is 7.19. The van der Waals surface area contributed by atoms with Gasteiger partial charge in [0.25, 0.3) is 0 Å². The highest BCUT2D eigenvalue weighted by molar-refractivity contribution is 5.89. The van der Waals surface area contributed by atoms with E-state index in [0.717, 1.165) is 31.5 Å². The Hall–Kier alpha value is -2.93. The maximum Gasteiger partial charge on any atom is 0.319 e. The highest BCUT2D eigenvalue weighted by atomic mass is 19.1. The van der Waals surface area contributed by atoms with E-state index < -0.39 is 0 Å². The number of para-hydroxylation sites is 1. The molecule has 1 aliphatic heterocycles. The normalized spacial score (nSPS) is 16.8. The van der Waals surface area contributed by atoms with Gasteiger partial charge in [0.15, 0.2) is 0 Å². The molecule has 1 fully saturated rings. The number of anilines is 1. The lowest BCUT2D eigenvalue weighted by Gasteiger charge is -2.35. The summed E-state index contributed by atoms with van der Waals surface area (Å²) in [7, 11) is 0. The van der Waals surface area contributed by atoms with Gasteiger partial charge in [0, 0.05) is 30.4 Å². The number of likely N-dealkylation sites (tertiary alicyclic amines) is 1. The van der Waals surface area contributed by atoms with Gasteiger partial charge in [-0.25, -0.2) is 9.18 Å². The van der Waals surface area contributed by atoms with Gasteiger partial charge in [0.05, 0.1) is 6.54 Å². The third kappa shape index (κ3) is 6.57. The van der Waals surface area contributed by atoms with Crippen LogP contribution in [0.4, 0.5) is 14.9 Å². The third-order valence-electron chi connectivity index (χ3n) is 5.06. The van der Waals surface area contributed by atoms with Crippen LogP contribution in [-0.4, -0.2) is 42.5 Å². The van der Waals surface area contributed by atoms with Crippen LogP contribution in [0.1, 0.15) is 24.8 Å². The molecule has 29 heavy (non-hydrogen) atoms. The summed E-state index contributed by atoms with van der Waals surface area (Å²) in [5.74, 6) is -0.467. The number of urea groups is 1. The van der Waals surface area contributed by atoms with Crippen molar-refractivity contribution in [2.24, 2.45) is 0 Å². The monoisotopic (exact) mass is 398 g/mol. The van der Waals surface area contributed by atoms with Gasteiger partial charge in [-0.2, -0.15) is 0 Å². The predicted molar refractivity (Wildman–Crippen MR) is 111 cm³/mol. The third-order valence-corrected chi connectivity index (χ3v) is 5.06. The fraction of sp³-hybridized carbons (Fsp3) is 0.364. The Labute approximate surface area is 170 Å². The lowest BCUT2D eigenvalue weighted by Crippen LogP contribution is -2.50. The van der Waals surface area contributed by atoms with Crippen LogP contribution in [0.15, 0.2) is 54.6 Å². The topological polar surface area (TPSA) is 73.5 Å². The van der Waals surface area contributed by atoms with Crippen LogP contribution in [0.2, 0.25) is 0 Å². The molecule has 2 aromatic rings. The molecule has 1 heterocycles. The zero-order valence-corrected chi connectivity index (χ0v) is 16.4. The molecule has 0 spiro atoms. The molecular formula is C22H27FN4O2. The number of amides is 3. The summed E-state index contributed by atoms with van der Waals surface area (Å²) in [6.07, 6.45) is 3.01. The Kier molecular flexibility index (Phi) is 7.58. The maximum atomic E-state index is 13.7. The first-order chi connectivity index (χ1) is 14.1. The number of nitrogens with one attached hydrogen (secondary N) is 3. The number of halogens is 1. The van der Waals surface area contributed by atoms with Crippen LogP contribution < -0.4 is 16.0 Å². The molecule has 3 amide bonds. The Balaban J connectivity index is 1.45. The Morgan fingerprint density at radius 1 is 1.00 bits per heavy atom. The van der Waals surface area contributed by atoms with Crippen molar-refractivity contribution in [3.8, 4) is 0 Å². The second kappa shape index (κ2) is 10.6. The van der Waals surface area contributed by atoms with E-state index in [0.29, 0.717) is 12.1 Å². The van der Waals surface area contributed by atoms with Crippen molar-refractivity contribution in [2.75, 3.05) is 25.0 Å². The number of hydrogen-bond donors (Lipinski definition) is 3. The Bertz CT molecular complexity index is 815. The number of benzene rings is 2. The first-order valence-corrected chi connectivity index (χ1v) is 9.96. The van der Waals surface area contributed by atoms with Crippen LogP contribution in [0, 0.1) is 5.82 Å². The molecular weight excluding hydrogens is 371 g/mol. The van der Waals surface area contributed by atoms with E-state index >= 15 is 0 Å². The Morgan fingerprint density at radius 3 is 2.55 bits per heavy atom. The molecule has 0 aliphatic carbocycles. The molecule has 0 bridgehead atoms. The molecule has 1 aliphatic rings. The summed E-state index contributed by atoms with van der Waals surface area (Å²) in [4.78, 5) is 26.6. The van der Waals surface area contributed by atoms with Crippen molar-refractivity contribution < 1.29 is 14.0 Å². The molecule has 7 heteroatoms. The molecule has 1 unspecified atom stereocenters. The fourth-order valence-corrected chi connectivity index (χ4v) is 3.48. The van der Waals surface area contributed by atoms with Gasteiger partial charge < -0.3 is 16.0 Å². The second-order valence-corrected chi connectivity index (χ2v) is 7.19. The molecule has 1 saturated heterocycles. The lowest BCUT2D eigenvalue weighted by molar-refractivity contribution is -0.123. The first-order valence-electron chi connectivity index (χ1n) is 9.96. The van der Waals surface area contributed by atoms with Crippen LogP contribution in [0.5, 0.6) is 0 Å². The lowest BCUT2D eigenvalue weighted by atomic mass is 10.0. The van der Waals surface area contributed by atoms with Crippen molar-refractivity contribution >= 4 is 17.6 Å². The maximum absolute atomic E-state index is 13.7. The summed E-state index contributed by atoms with van der Waals surface area (Å²) < 4.78 is 13.7. The van der Waals surface area contributed by atoms with E-state index in [1.165, 1.54) is 6.07 Å². The van der Waals surface area contributed by atoms with Crippen LogP contribution in [-0.2, 0) is 11.3 Å². The molecule has 0 radical (unpaired) electrons. The number of carbonyl (C=O) groups excluding carboxylic acids is 2. The summed E-state index contributed by atoms with van der Waals surface area (Å²) >= 11 is 0.